The molecule has 0 bridgehead atoms. The van der Waals surface area contributed by atoms with Crippen molar-refractivity contribution in [3.05, 3.63) is 71.4 Å². The van der Waals surface area contributed by atoms with Crippen molar-refractivity contribution in [3.8, 4) is 11.5 Å². The van der Waals surface area contributed by atoms with E-state index in [1.54, 1.807) is 18.2 Å². The molecule has 3 rings (SSSR count). The van der Waals surface area contributed by atoms with E-state index in [0.29, 0.717) is 17.1 Å². The minimum Gasteiger partial charge on any atom is -0.497 e. The molecule has 30 heavy (non-hydrogen) atoms. The molecule has 0 aromatic heterocycles. The highest BCUT2D eigenvalue weighted by atomic mass is 32.2. The molecule has 0 unspecified atom stereocenters. The molecule has 0 aliphatic carbocycles. The predicted octanol–water partition coefficient (Wildman–Crippen LogP) is 2.44. The summed E-state index contributed by atoms with van der Waals surface area (Å²) < 4.78 is 40.5. The molecule has 1 heterocycles. The second-order valence-corrected chi connectivity index (χ2v) is 8.25. The first kappa shape index (κ1) is 21.4. The molecule has 0 fully saturated rings. The lowest BCUT2D eigenvalue weighted by Crippen LogP contribution is -2.39. The molecule has 1 aliphatic rings. The molecule has 1 atom stereocenters. The number of rotatable bonds is 6. The Morgan fingerprint density at radius 3 is 2.43 bits per heavy atom. The summed E-state index contributed by atoms with van der Waals surface area (Å²) in [4.78, 5) is 12.9. The normalized spacial score (nSPS) is 16.2. The zero-order valence-corrected chi connectivity index (χ0v) is 17.9. The SMILES string of the molecule is COc1ccc(OC)c(C2=NS(=O)(=O)N(C)C(C(=O)N[C@H](C)c3ccccc3)=C2)c1. The van der Waals surface area contributed by atoms with Crippen LogP contribution in [0.2, 0.25) is 0 Å². The third kappa shape index (κ3) is 4.30. The number of hydrogen-bond acceptors (Lipinski definition) is 5. The Morgan fingerprint density at radius 1 is 1.10 bits per heavy atom. The zero-order chi connectivity index (χ0) is 21.9. The summed E-state index contributed by atoms with van der Waals surface area (Å²) in [7, 11) is 0.152. The van der Waals surface area contributed by atoms with Gasteiger partial charge in [0.2, 0.25) is 0 Å². The Morgan fingerprint density at radius 2 is 1.80 bits per heavy atom. The fourth-order valence-electron chi connectivity index (χ4n) is 3.00. The minimum atomic E-state index is -4.10. The molecule has 1 amide bonds. The summed E-state index contributed by atoms with van der Waals surface area (Å²) in [5.74, 6) is 0.372. The Kier molecular flexibility index (Phi) is 6.12. The van der Waals surface area contributed by atoms with Gasteiger partial charge in [0, 0.05) is 12.6 Å². The number of nitrogens with zero attached hydrogens (tertiary/aromatic N) is 2. The fraction of sp³-hybridized carbons (Fsp3) is 0.238. The number of amides is 1. The van der Waals surface area contributed by atoms with Crippen molar-refractivity contribution in [2.75, 3.05) is 21.3 Å². The molecule has 1 aliphatic heterocycles. The molecular formula is C21H23N3O5S. The van der Waals surface area contributed by atoms with E-state index in [2.05, 4.69) is 9.71 Å². The quantitative estimate of drug-likeness (QED) is 0.761. The average molecular weight is 429 g/mol. The highest BCUT2D eigenvalue weighted by Crippen LogP contribution is 2.29. The van der Waals surface area contributed by atoms with Gasteiger partial charge in [-0.25, -0.2) is 4.31 Å². The number of nitrogens with one attached hydrogen (secondary N) is 1. The summed E-state index contributed by atoms with van der Waals surface area (Å²) >= 11 is 0. The molecule has 2 aromatic carbocycles. The lowest BCUT2D eigenvalue weighted by molar-refractivity contribution is -0.119. The monoisotopic (exact) mass is 429 g/mol. The Balaban J connectivity index is 2.00. The van der Waals surface area contributed by atoms with Crippen LogP contribution in [0.5, 0.6) is 11.5 Å². The standard InChI is InChI=1S/C21H23N3O5S/c1-14(15-8-6-5-7-9-15)22-21(25)19-13-18(23-30(26,27)24(19)2)17-12-16(28-3)10-11-20(17)29-4/h5-14H,1-4H3,(H,22,25)/t14-/m1/s1. The van der Waals surface area contributed by atoms with Crippen LogP contribution in [-0.4, -0.2) is 45.6 Å². The van der Waals surface area contributed by atoms with E-state index < -0.39 is 16.1 Å². The van der Waals surface area contributed by atoms with E-state index in [4.69, 9.17) is 9.47 Å². The van der Waals surface area contributed by atoms with Crippen LogP contribution in [0.1, 0.15) is 24.1 Å². The van der Waals surface area contributed by atoms with Gasteiger partial charge in [0.1, 0.15) is 17.2 Å². The third-order valence-electron chi connectivity index (χ3n) is 4.73. The van der Waals surface area contributed by atoms with E-state index in [-0.39, 0.29) is 17.5 Å². The molecule has 0 radical (unpaired) electrons. The van der Waals surface area contributed by atoms with Crippen molar-refractivity contribution in [2.45, 2.75) is 13.0 Å². The van der Waals surface area contributed by atoms with Gasteiger partial charge in [0.05, 0.1) is 26.0 Å². The maximum Gasteiger partial charge on any atom is 0.345 e. The minimum absolute atomic E-state index is 0.0485. The molecule has 9 heteroatoms. The van der Waals surface area contributed by atoms with Crippen molar-refractivity contribution < 1.29 is 22.7 Å². The zero-order valence-electron chi connectivity index (χ0n) is 17.1. The van der Waals surface area contributed by atoms with E-state index in [9.17, 15) is 13.2 Å². The summed E-state index contributed by atoms with van der Waals surface area (Å²) in [5, 5.41) is 2.83. The van der Waals surface area contributed by atoms with Crippen molar-refractivity contribution >= 4 is 21.8 Å². The number of carbonyl (C=O) groups excluding carboxylic acids is 1. The van der Waals surface area contributed by atoms with Crippen molar-refractivity contribution in [1.29, 1.82) is 0 Å². The summed E-state index contributed by atoms with van der Waals surface area (Å²) in [5.41, 5.74) is 1.33. The smallest absolute Gasteiger partial charge is 0.345 e. The fourth-order valence-corrected chi connectivity index (χ4v) is 3.91. The number of likely N-dealkylation sites (N-methyl/N-ethyl adjacent to an activating group) is 1. The highest BCUT2D eigenvalue weighted by Gasteiger charge is 2.31. The Hall–Kier alpha value is -3.33. The maximum absolute atomic E-state index is 12.9. The molecule has 2 aromatic rings. The van der Waals surface area contributed by atoms with Gasteiger partial charge in [0.15, 0.2) is 0 Å². The molecular weight excluding hydrogens is 406 g/mol. The van der Waals surface area contributed by atoms with Crippen LogP contribution in [0.15, 0.2) is 64.7 Å². The van der Waals surface area contributed by atoms with Gasteiger partial charge in [-0.1, -0.05) is 30.3 Å². The van der Waals surface area contributed by atoms with Gasteiger partial charge in [-0.05, 0) is 36.8 Å². The van der Waals surface area contributed by atoms with Gasteiger partial charge in [-0.2, -0.15) is 8.42 Å². The predicted molar refractivity (Wildman–Crippen MR) is 114 cm³/mol. The summed E-state index contributed by atoms with van der Waals surface area (Å²) in [6.45, 7) is 1.82. The molecule has 0 saturated heterocycles. The largest absolute Gasteiger partial charge is 0.497 e. The molecule has 0 spiro atoms. The van der Waals surface area contributed by atoms with Crippen molar-refractivity contribution in [2.24, 2.45) is 4.40 Å². The van der Waals surface area contributed by atoms with E-state index >= 15 is 0 Å². The van der Waals surface area contributed by atoms with Gasteiger partial charge >= 0.3 is 10.2 Å². The molecule has 0 saturated carbocycles. The van der Waals surface area contributed by atoms with Crippen LogP contribution in [0, 0.1) is 0 Å². The average Bonchev–Trinajstić information content (AvgIpc) is 2.75. The number of benzene rings is 2. The first-order valence-corrected chi connectivity index (χ1v) is 10.5. The lowest BCUT2D eigenvalue weighted by atomic mass is 10.1. The first-order chi connectivity index (χ1) is 14.3. The lowest BCUT2D eigenvalue weighted by Gasteiger charge is -2.25. The van der Waals surface area contributed by atoms with Crippen LogP contribution in [0.4, 0.5) is 0 Å². The second kappa shape index (κ2) is 8.58. The second-order valence-electron chi connectivity index (χ2n) is 6.62. The number of methoxy groups -OCH3 is 2. The number of allylic oxidation sites excluding steroid dienone is 1. The van der Waals surface area contributed by atoms with Crippen molar-refractivity contribution in [1.82, 2.24) is 9.62 Å². The molecule has 8 nitrogen and oxygen atoms in total. The van der Waals surface area contributed by atoms with Crippen molar-refractivity contribution in [3.63, 3.8) is 0 Å². The Bertz CT molecular complexity index is 1110. The Labute approximate surface area is 176 Å². The summed E-state index contributed by atoms with van der Waals surface area (Å²) in [6.07, 6.45) is 1.42. The summed E-state index contributed by atoms with van der Waals surface area (Å²) in [6, 6.07) is 14.0. The number of carbonyl (C=O) groups is 1. The van der Waals surface area contributed by atoms with Gasteiger partial charge in [-0.15, -0.1) is 4.40 Å². The highest BCUT2D eigenvalue weighted by molar-refractivity contribution is 7.88. The van der Waals surface area contributed by atoms with Crippen LogP contribution < -0.4 is 14.8 Å². The van der Waals surface area contributed by atoms with Crippen LogP contribution in [0.25, 0.3) is 0 Å². The third-order valence-corrected chi connectivity index (χ3v) is 6.05. The van der Waals surface area contributed by atoms with Gasteiger partial charge in [-0.3, -0.25) is 4.79 Å². The molecule has 1 N–H and O–H groups in total. The molecule has 158 valence electrons. The number of hydrogen-bond donors (Lipinski definition) is 1. The van der Waals surface area contributed by atoms with Crippen LogP contribution in [0.3, 0.4) is 0 Å². The van der Waals surface area contributed by atoms with Gasteiger partial charge < -0.3 is 14.8 Å². The number of ether oxygens (including phenoxy) is 2. The van der Waals surface area contributed by atoms with Crippen LogP contribution >= 0.6 is 0 Å². The van der Waals surface area contributed by atoms with E-state index in [0.717, 1.165) is 9.87 Å². The van der Waals surface area contributed by atoms with E-state index in [1.807, 2.05) is 37.3 Å². The van der Waals surface area contributed by atoms with Crippen LogP contribution in [-0.2, 0) is 15.0 Å². The first-order valence-electron chi connectivity index (χ1n) is 9.15. The topological polar surface area (TPSA) is 97.3 Å². The van der Waals surface area contributed by atoms with E-state index in [1.165, 1.54) is 27.3 Å². The van der Waals surface area contributed by atoms with Gasteiger partial charge in [0.25, 0.3) is 5.91 Å². The maximum atomic E-state index is 12.9.